The van der Waals surface area contributed by atoms with Gasteiger partial charge in [-0.15, -0.1) is 11.3 Å². The van der Waals surface area contributed by atoms with E-state index in [-0.39, 0.29) is 34.4 Å². The maximum absolute atomic E-state index is 14.3. The minimum absolute atomic E-state index is 0.0102. The first-order valence-corrected chi connectivity index (χ1v) is 11.4. The molecule has 0 unspecified atom stereocenters. The van der Waals surface area contributed by atoms with E-state index < -0.39 is 35.5 Å². The second kappa shape index (κ2) is 9.72. The zero-order valence-electron chi connectivity index (χ0n) is 18.2. The van der Waals surface area contributed by atoms with Crippen LogP contribution in [0.2, 0.25) is 4.34 Å². The highest BCUT2D eigenvalue weighted by molar-refractivity contribution is 7.16. The number of H-pyrrole nitrogens is 1. The summed E-state index contributed by atoms with van der Waals surface area (Å²) in [7, 11) is 1.51. The van der Waals surface area contributed by atoms with Crippen LogP contribution in [0.25, 0.3) is 16.6 Å². The predicted molar refractivity (Wildman–Crippen MR) is 131 cm³/mol. The van der Waals surface area contributed by atoms with Crippen LogP contribution < -0.4 is 16.6 Å². The van der Waals surface area contributed by atoms with E-state index in [4.69, 9.17) is 11.6 Å². The minimum atomic E-state index is -1.21. The van der Waals surface area contributed by atoms with Gasteiger partial charge in [-0.25, -0.2) is 13.8 Å². The SMILES string of the molecule is CNc1cc2[nH]c(=O)n(-c3cccc(C(=O)N(CC(=O)O)Cc4ccc(Cl)s4)c3)c(=O)c2cc1F. The number of hydrogen-bond acceptors (Lipinski definition) is 6. The molecule has 12 heteroatoms. The van der Waals surface area contributed by atoms with Crippen LogP contribution in [0.5, 0.6) is 0 Å². The van der Waals surface area contributed by atoms with Crippen LogP contribution >= 0.6 is 22.9 Å². The Hall–Kier alpha value is -3.96. The van der Waals surface area contributed by atoms with Crippen LogP contribution in [0.4, 0.5) is 10.1 Å². The fraction of sp³-hybridized carbons (Fsp3) is 0.130. The zero-order valence-corrected chi connectivity index (χ0v) is 19.7. The van der Waals surface area contributed by atoms with Gasteiger partial charge in [0, 0.05) is 17.5 Å². The van der Waals surface area contributed by atoms with Gasteiger partial charge >= 0.3 is 11.7 Å². The molecule has 0 fully saturated rings. The van der Waals surface area contributed by atoms with Crippen molar-refractivity contribution in [3.8, 4) is 5.69 Å². The Morgan fingerprint density at radius 1 is 1.20 bits per heavy atom. The fourth-order valence-corrected chi connectivity index (χ4v) is 4.72. The third-order valence-corrected chi connectivity index (χ3v) is 6.41. The predicted octanol–water partition coefficient (Wildman–Crippen LogP) is 3.30. The van der Waals surface area contributed by atoms with E-state index in [9.17, 15) is 28.7 Å². The smallest absolute Gasteiger partial charge is 0.333 e. The van der Waals surface area contributed by atoms with Crippen molar-refractivity contribution < 1.29 is 19.1 Å². The first-order chi connectivity index (χ1) is 16.7. The molecule has 2 heterocycles. The average molecular weight is 517 g/mol. The topological polar surface area (TPSA) is 124 Å². The van der Waals surface area contributed by atoms with Gasteiger partial charge in [0.2, 0.25) is 0 Å². The van der Waals surface area contributed by atoms with E-state index in [1.807, 2.05) is 0 Å². The number of aromatic amines is 1. The number of benzene rings is 2. The molecule has 0 aliphatic heterocycles. The van der Waals surface area contributed by atoms with Gasteiger partial charge < -0.3 is 20.3 Å². The number of fused-ring (bicyclic) bond motifs is 1. The monoisotopic (exact) mass is 516 g/mol. The molecule has 3 N–H and O–H groups in total. The molecular formula is C23H18ClFN4O5S. The lowest BCUT2D eigenvalue weighted by Crippen LogP contribution is -2.36. The number of hydrogen-bond donors (Lipinski definition) is 3. The van der Waals surface area contributed by atoms with Crippen molar-refractivity contribution in [1.29, 1.82) is 0 Å². The van der Waals surface area contributed by atoms with E-state index in [0.717, 1.165) is 15.5 Å². The highest BCUT2D eigenvalue weighted by Gasteiger charge is 2.21. The Morgan fingerprint density at radius 3 is 2.63 bits per heavy atom. The molecule has 2 aromatic carbocycles. The molecule has 9 nitrogen and oxygen atoms in total. The minimum Gasteiger partial charge on any atom is -0.480 e. The molecule has 0 spiro atoms. The summed E-state index contributed by atoms with van der Waals surface area (Å²) >= 11 is 7.16. The number of carboxylic acids is 1. The van der Waals surface area contributed by atoms with Crippen molar-refractivity contribution in [2.45, 2.75) is 6.54 Å². The number of anilines is 1. The Labute approximate surface area is 206 Å². The second-order valence-electron chi connectivity index (χ2n) is 7.51. The Bertz CT molecular complexity index is 1580. The number of halogens is 2. The number of nitrogens with zero attached hydrogens (tertiary/aromatic N) is 2. The molecule has 0 saturated carbocycles. The largest absolute Gasteiger partial charge is 0.480 e. The number of carbonyl (C=O) groups is 2. The van der Waals surface area contributed by atoms with E-state index in [1.165, 1.54) is 48.7 Å². The highest BCUT2D eigenvalue weighted by atomic mass is 35.5. The molecule has 0 atom stereocenters. The standard InChI is InChI=1S/C23H18ClFN4O5S/c1-26-18-9-17-15(8-16(18)25)22(33)29(23(34)27-17)13-4-2-3-12(7-13)21(32)28(11-20(30)31)10-14-5-6-19(24)35-14/h2-9,26H,10-11H2,1H3,(H,27,34)(H,30,31). The Balaban J connectivity index is 1.76. The van der Waals surface area contributed by atoms with Crippen LogP contribution in [0.15, 0.2) is 58.1 Å². The molecule has 180 valence electrons. The summed E-state index contributed by atoms with van der Waals surface area (Å²) in [4.78, 5) is 54.7. The summed E-state index contributed by atoms with van der Waals surface area (Å²) in [5.41, 5.74) is -1.16. The number of carbonyl (C=O) groups excluding carboxylic acids is 1. The molecule has 1 amide bonds. The lowest BCUT2D eigenvalue weighted by atomic mass is 10.1. The normalized spacial score (nSPS) is 10.9. The van der Waals surface area contributed by atoms with Crippen molar-refractivity contribution in [3.05, 3.63) is 90.0 Å². The van der Waals surface area contributed by atoms with Crippen LogP contribution in [0, 0.1) is 5.82 Å². The quantitative estimate of drug-likeness (QED) is 0.346. The molecule has 2 aromatic heterocycles. The van der Waals surface area contributed by atoms with E-state index in [1.54, 1.807) is 12.1 Å². The lowest BCUT2D eigenvalue weighted by molar-refractivity contribution is -0.137. The molecule has 4 aromatic rings. The third-order valence-electron chi connectivity index (χ3n) is 5.19. The van der Waals surface area contributed by atoms with Gasteiger partial charge in [0.1, 0.15) is 12.4 Å². The molecule has 0 saturated heterocycles. The van der Waals surface area contributed by atoms with E-state index in [2.05, 4.69) is 10.3 Å². The van der Waals surface area contributed by atoms with Gasteiger partial charge in [0.15, 0.2) is 0 Å². The summed E-state index contributed by atoms with van der Waals surface area (Å²) in [6.45, 7) is -0.557. The summed E-state index contributed by atoms with van der Waals surface area (Å²) in [5, 5.41) is 11.9. The second-order valence-corrected chi connectivity index (χ2v) is 9.31. The summed E-state index contributed by atoms with van der Waals surface area (Å²) < 4.78 is 15.6. The van der Waals surface area contributed by atoms with Gasteiger partial charge in [0.05, 0.1) is 33.2 Å². The van der Waals surface area contributed by atoms with Crippen molar-refractivity contribution >= 4 is 51.4 Å². The Kier molecular flexibility index (Phi) is 6.72. The molecular weight excluding hydrogens is 499 g/mol. The molecule has 0 aliphatic carbocycles. The summed E-state index contributed by atoms with van der Waals surface area (Å²) in [6.07, 6.45) is 0. The number of amides is 1. The maximum atomic E-state index is 14.3. The molecule has 0 bridgehead atoms. The van der Waals surface area contributed by atoms with E-state index in [0.29, 0.717) is 9.21 Å². The Morgan fingerprint density at radius 2 is 1.97 bits per heavy atom. The van der Waals surface area contributed by atoms with Crippen LogP contribution in [-0.4, -0.2) is 45.0 Å². The number of carboxylic acid groups (broad SMARTS) is 1. The molecule has 0 aliphatic rings. The molecule has 0 radical (unpaired) electrons. The van der Waals surface area contributed by atoms with Gasteiger partial charge in [-0.1, -0.05) is 17.7 Å². The van der Waals surface area contributed by atoms with Gasteiger partial charge in [-0.3, -0.25) is 14.4 Å². The number of nitrogens with one attached hydrogen (secondary N) is 2. The van der Waals surface area contributed by atoms with Crippen molar-refractivity contribution in [2.75, 3.05) is 18.9 Å². The van der Waals surface area contributed by atoms with Crippen molar-refractivity contribution in [1.82, 2.24) is 14.5 Å². The van der Waals surface area contributed by atoms with E-state index >= 15 is 0 Å². The average Bonchev–Trinajstić information content (AvgIpc) is 3.23. The molecule has 4 rings (SSSR count). The van der Waals surface area contributed by atoms with Crippen LogP contribution in [0.1, 0.15) is 15.2 Å². The fourth-order valence-electron chi connectivity index (χ4n) is 3.61. The highest BCUT2D eigenvalue weighted by Crippen LogP contribution is 2.24. The number of thiophene rings is 1. The molecule has 35 heavy (non-hydrogen) atoms. The lowest BCUT2D eigenvalue weighted by Gasteiger charge is -2.20. The zero-order chi connectivity index (χ0) is 25.3. The number of aliphatic carboxylic acids is 1. The summed E-state index contributed by atoms with van der Waals surface area (Å²) in [6, 6.07) is 11.3. The number of aromatic nitrogens is 2. The van der Waals surface area contributed by atoms with Gasteiger partial charge in [0.25, 0.3) is 11.5 Å². The summed E-state index contributed by atoms with van der Waals surface area (Å²) in [5.74, 6) is -2.49. The number of rotatable bonds is 7. The van der Waals surface area contributed by atoms with Gasteiger partial charge in [-0.2, -0.15) is 0 Å². The van der Waals surface area contributed by atoms with Crippen LogP contribution in [0.3, 0.4) is 0 Å². The van der Waals surface area contributed by atoms with Gasteiger partial charge in [-0.05, 0) is 42.5 Å². The van der Waals surface area contributed by atoms with Crippen LogP contribution in [-0.2, 0) is 11.3 Å². The first-order valence-electron chi connectivity index (χ1n) is 10.2. The first kappa shape index (κ1) is 24.2. The van der Waals surface area contributed by atoms with Crippen molar-refractivity contribution in [2.24, 2.45) is 0 Å². The van der Waals surface area contributed by atoms with Crippen molar-refractivity contribution in [3.63, 3.8) is 0 Å². The maximum Gasteiger partial charge on any atom is 0.333 e. The third kappa shape index (κ3) is 4.96.